The van der Waals surface area contributed by atoms with E-state index in [-0.39, 0.29) is 42.0 Å². The van der Waals surface area contributed by atoms with E-state index < -0.39 is 0 Å². The molecule has 1 aromatic rings. The highest BCUT2D eigenvalue weighted by molar-refractivity contribution is 14.0. The smallest absolute Gasteiger partial charge is 0.242 e. The van der Waals surface area contributed by atoms with Crippen LogP contribution in [0.25, 0.3) is 0 Å². The molecule has 1 amide bonds. The summed E-state index contributed by atoms with van der Waals surface area (Å²) in [6, 6.07) is 7.25. The molecule has 0 fully saturated rings. The Morgan fingerprint density at radius 1 is 1.27 bits per heavy atom. The van der Waals surface area contributed by atoms with Crippen LogP contribution in [0.15, 0.2) is 29.3 Å². The van der Waals surface area contributed by atoms with Crippen molar-refractivity contribution >= 4 is 47.4 Å². The van der Waals surface area contributed by atoms with Crippen LogP contribution in [0.3, 0.4) is 0 Å². The number of ether oxygens (including phenoxy) is 1. The number of carbonyl (C=O) groups excluding carboxylic acids is 1. The average molecular weight is 497 g/mol. The zero-order chi connectivity index (χ0) is 18.9. The Morgan fingerprint density at radius 2 is 1.88 bits per heavy atom. The molecule has 0 unspecified atom stereocenters. The molecule has 0 radical (unpaired) electrons. The van der Waals surface area contributed by atoms with Gasteiger partial charge >= 0.3 is 0 Å². The van der Waals surface area contributed by atoms with E-state index in [9.17, 15) is 4.79 Å². The monoisotopic (exact) mass is 496 g/mol. The minimum absolute atomic E-state index is 0. The normalized spacial score (nSPS) is 11.4. The van der Waals surface area contributed by atoms with Crippen molar-refractivity contribution in [2.24, 2.45) is 4.99 Å². The molecule has 0 heterocycles. The number of hydrogen-bond acceptors (Lipinski definition) is 3. The van der Waals surface area contributed by atoms with Crippen molar-refractivity contribution in [1.29, 1.82) is 0 Å². The molecular formula is C18H30ClIN4O2. The van der Waals surface area contributed by atoms with Crippen molar-refractivity contribution in [2.75, 3.05) is 33.3 Å². The van der Waals surface area contributed by atoms with Gasteiger partial charge < -0.3 is 20.3 Å². The molecule has 1 aromatic carbocycles. The number of halogens is 2. The number of likely N-dealkylation sites (N-methyl/N-ethyl adjacent to an activating group) is 1. The lowest BCUT2D eigenvalue weighted by molar-refractivity contribution is -0.121. The Labute approximate surface area is 178 Å². The second-order valence-electron chi connectivity index (χ2n) is 6.69. The second-order valence-corrected chi connectivity index (χ2v) is 7.13. The summed E-state index contributed by atoms with van der Waals surface area (Å²) in [4.78, 5) is 18.2. The van der Waals surface area contributed by atoms with E-state index in [1.165, 1.54) is 0 Å². The zero-order valence-corrected chi connectivity index (χ0v) is 19.2. The van der Waals surface area contributed by atoms with E-state index >= 15 is 0 Å². The van der Waals surface area contributed by atoms with Gasteiger partial charge in [0.15, 0.2) is 5.96 Å². The Bertz CT molecular complexity index is 574. The molecule has 1 rings (SSSR count). The highest BCUT2D eigenvalue weighted by Gasteiger charge is 2.14. The summed E-state index contributed by atoms with van der Waals surface area (Å²) in [7, 11) is 1.91. The van der Waals surface area contributed by atoms with Crippen LogP contribution in [-0.4, -0.2) is 55.6 Å². The zero-order valence-electron chi connectivity index (χ0n) is 16.1. The van der Waals surface area contributed by atoms with Gasteiger partial charge in [0.05, 0.1) is 6.54 Å². The van der Waals surface area contributed by atoms with Crippen molar-refractivity contribution < 1.29 is 9.53 Å². The van der Waals surface area contributed by atoms with Gasteiger partial charge in [-0.15, -0.1) is 24.0 Å². The van der Waals surface area contributed by atoms with Crippen LogP contribution in [0.4, 0.5) is 0 Å². The fourth-order valence-corrected chi connectivity index (χ4v) is 2.14. The molecule has 8 heteroatoms. The first-order valence-electron chi connectivity index (χ1n) is 8.40. The topological polar surface area (TPSA) is 66.0 Å². The molecular weight excluding hydrogens is 467 g/mol. The van der Waals surface area contributed by atoms with Gasteiger partial charge in [-0.1, -0.05) is 11.6 Å². The molecule has 0 spiro atoms. The first-order valence-corrected chi connectivity index (χ1v) is 8.78. The van der Waals surface area contributed by atoms with Gasteiger partial charge in [-0.2, -0.15) is 0 Å². The lowest BCUT2D eigenvalue weighted by atomic mass is 10.1. The van der Waals surface area contributed by atoms with Crippen LogP contribution in [0.1, 0.15) is 27.7 Å². The summed E-state index contributed by atoms with van der Waals surface area (Å²) in [5, 5.41) is 6.76. The number of carbonyl (C=O) groups is 1. The SMILES string of the molecule is CCNC(=NCC(=O)NC(C)(C)C)N(C)CCOc1ccc(Cl)cc1.I. The molecule has 0 saturated heterocycles. The Morgan fingerprint density at radius 3 is 2.42 bits per heavy atom. The molecule has 0 saturated carbocycles. The summed E-state index contributed by atoms with van der Waals surface area (Å²) in [6.45, 7) is 9.76. The van der Waals surface area contributed by atoms with Crippen LogP contribution in [0.5, 0.6) is 5.75 Å². The van der Waals surface area contributed by atoms with Crippen LogP contribution < -0.4 is 15.4 Å². The highest BCUT2D eigenvalue weighted by Crippen LogP contribution is 2.15. The van der Waals surface area contributed by atoms with Gasteiger partial charge in [-0.25, -0.2) is 4.99 Å². The van der Waals surface area contributed by atoms with Crippen molar-refractivity contribution in [1.82, 2.24) is 15.5 Å². The Balaban J connectivity index is 0.00000625. The quantitative estimate of drug-likeness (QED) is 0.346. The van der Waals surface area contributed by atoms with E-state index in [4.69, 9.17) is 16.3 Å². The van der Waals surface area contributed by atoms with E-state index in [0.29, 0.717) is 24.1 Å². The summed E-state index contributed by atoms with van der Waals surface area (Å²) in [5.41, 5.74) is -0.261. The number of benzene rings is 1. The van der Waals surface area contributed by atoms with E-state index in [0.717, 1.165) is 12.3 Å². The van der Waals surface area contributed by atoms with Crippen LogP contribution in [-0.2, 0) is 4.79 Å². The largest absolute Gasteiger partial charge is 0.492 e. The molecule has 0 aromatic heterocycles. The number of rotatable bonds is 7. The molecule has 6 nitrogen and oxygen atoms in total. The summed E-state index contributed by atoms with van der Waals surface area (Å²) >= 11 is 5.85. The maximum atomic E-state index is 11.9. The van der Waals surface area contributed by atoms with Crippen molar-refractivity contribution in [3.63, 3.8) is 0 Å². The third-order valence-electron chi connectivity index (χ3n) is 3.09. The predicted octanol–water partition coefficient (Wildman–Crippen LogP) is 3.15. The number of hydrogen-bond donors (Lipinski definition) is 2. The van der Waals surface area contributed by atoms with Crippen LogP contribution in [0.2, 0.25) is 5.02 Å². The molecule has 0 aliphatic rings. The fourth-order valence-electron chi connectivity index (χ4n) is 2.01. The first kappa shape index (κ1) is 24.8. The second kappa shape index (κ2) is 12.2. The molecule has 148 valence electrons. The summed E-state index contributed by atoms with van der Waals surface area (Å²) in [5.74, 6) is 1.34. The van der Waals surface area contributed by atoms with Gasteiger partial charge in [0, 0.05) is 24.2 Å². The van der Waals surface area contributed by atoms with Crippen molar-refractivity contribution in [3.8, 4) is 5.75 Å². The molecule has 0 bridgehead atoms. The predicted molar refractivity (Wildman–Crippen MR) is 119 cm³/mol. The molecule has 2 N–H and O–H groups in total. The fraction of sp³-hybridized carbons (Fsp3) is 0.556. The molecule has 26 heavy (non-hydrogen) atoms. The van der Waals surface area contributed by atoms with Crippen molar-refractivity contribution in [3.05, 3.63) is 29.3 Å². The van der Waals surface area contributed by atoms with Crippen LogP contribution in [0, 0.1) is 0 Å². The van der Waals surface area contributed by atoms with E-state index in [1.807, 2.05) is 51.8 Å². The highest BCUT2D eigenvalue weighted by atomic mass is 127. The van der Waals surface area contributed by atoms with E-state index in [2.05, 4.69) is 15.6 Å². The van der Waals surface area contributed by atoms with Gasteiger partial charge in [0.1, 0.15) is 18.9 Å². The van der Waals surface area contributed by atoms with Crippen molar-refractivity contribution in [2.45, 2.75) is 33.2 Å². The van der Waals surface area contributed by atoms with Crippen LogP contribution >= 0.6 is 35.6 Å². The van der Waals surface area contributed by atoms with Gasteiger partial charge in [0.2, 0.25) is 5.91 Å². The first-order chi connectivity index (χ1) is 11.7. The number of guanidine groups is 1. The number of nitrogens with one attached hydrogen (secondary N) is 2. The Kier molecular flexibility index (Phi) is 11.6. The lowest BCUT2D eigenvalue weighted by Gasteiger charge is -2.23. The maximum Gasteiger partial charge on any atom is 0.242 e. The Hall–Kier alpha value is -1.22. The summed E-state index contributed by atoms with van der Waals surface area (Å²) < 4.78 is 5.69. The number of amides is 1. The summed E-state index contributed by atoms with van der Waals surface area (Å²) in [6.07, 6.45) is 0. The lowest BCUT2D eigenvalue weighted by Crippen LogP contribution is -2.44. The minimum atomic E-state index is -0.261. The third-order valence-corrected chi connectivity index (χ3v) is 3.34. The standard InChI is InChI=1S/C18H29ClN4O2.HI/c1-6-20-17(21-13-16(24)22-18(2,3)4)23(5)11-12-25-15-9-7-14(19)8-10-15;/h7-10H,6,11-13H2,1-5H3,(H,20,21)(H,22,24);1H. The number of nitrogens with zero attached hydrogens (tertiary/aromatic N) is 2. The minimum Gasteiger partial charge on any atom is -0.492 e. The van der Waals surface area contributed by atoms with E-state index in [1.54, 1.807) is 12.1 Å². The van der Waals surface area contributed by atoms with Gasteiger partial charge in [-0.05, 0) is 52.0 Å². The average Bonchev–Trinajstić information content (AvgIpc) is 2.51. The van der Waals surface area contributed by atoms with Gasteiger partial charge in [-0.3, -0.25) is 4.79 Å². The molecule has 0 atom stereocenters. The third kappa shape index (κ3) is 10.7. The molecule has 0 aliphatic heterocycles. The maximum absolute atomic E-state index is 11.9. The molecule has 0 aliphatic carbocycles. The van der Waals surface area contributed by atoms with Gasteiger partial charge in [0.25, 0.3) is 0 Å². The number of aliphatic imine (C=N–C) groups is 1.